The van der Waals surface area contributed by atoms with Gasteiger partial charge in [-0.25, -0.2) is 0 Å². The first-order valence-electron chi connectivity index (χ1n) is 5.74. The van der Waals surface area contributed by atoms with Crippen LogP contribution in [0, 0.1) is 6.33 Å². The molecule has 0 atom stereocenters. The van der Waals surface area contributed by atoms with Crippen molar-refractivity contribution < 1.29 is 4.57 Å². The third kappa shape index (κ3) is 1.60. The molecule has 0 saturated heterocycles. The molecule has 0 N–H and O–H groups in total. The van der Waals surface area contributed by atoms with Crippen LogP contribution in [0.2, 0.25) is 0 Å². The number of aryl methyl sites for hydroxylation is 1. The van der Waals surface area contributed by atoms with Crippen molar-refractivity contribution in [3.05, 3.63) is 55.0 Å². The first-order chi connectivity index (χ1) is 8.40. The first-order valence-corrected chi connectivity index (χ1v) is 5.74. The highest BCUT2D eigenvalue weighted by molar-refractivity contribution is 5.73. The zero-order valence-corrected chi connectivity index (χ0v) is 9.67. The second-order valence-electron chi connectivity index (χ2n) is 3.86. The van der Waals surface area contributed by atoms with Gasteiger partial charge in [0.1, 0.15) is 5.82 Å². The van der Waals surface area contributed by atoms with E-state index >= 15 is 0 Å². The molecule has 17 heavy (non-hydrogen) atoms. The number of hydrogen-bond donors (Lipinski definition) is 0. The normalized spacial score (nSPS) is 10.9. The van der Waals surface area contributed by atoms with Gasteiger partial charge in [-0.3, -0.25) is 4.98 Å². The summed E-state index contributed by atoms with van der Waals surface area (Å²) in [6.07, 6.45) is 5.13. The number of pyridine rings is 1. The van der Waals surface area contributed by atoms with Crippen molar-refractivity contribution in [2.45, 2.75) is 13.5 Å². The molecule has 0 saturated carbocycles. The Morgan fingerprint density at radius 3 is 2.76 bits per heavy atom. The van der Waals surface area contributed by atoms with Gasteiger partial charge < -0.3 is 9.13 Å². The molecule has 2 heterocycles. The van der Waals surface area contributed by atoms with Gasteiger partial charge in [-0.2, -0.15) is 0 Å². The van der Waals surface area contributed by atoms with Crippen molar-refractivity contribution in [3.63, 3.8) is 0 Å². The maximum Gasteiger partial charge on any atom is 0.245 e. The Bertz CT molecular complexity index is 641. The fraction of sp³-hybridized carbons (Fsp3) is 0.143. The number of imidazole rings is 1. The van der Waals surface area contributed by atoms with Crippen LogP contribution in [0.1, 0.15) is 6.92 Å². The van der Waals surface area contributed by atoms with Crippen LogP contribution in [0.4, 0.5) is 0 Å². The molecule has 0 fully saturated rings. The van der Waals surface area contributed by atoms with Crippen LogP contribution in [-0.2, 0) is 6.54 Å². The zero-order chi connectivity index (χ0) is 11.7. The molecule has 2 aromatic heterocycles. The van der Waals surface area contributed by atoms with E-state index in [9.17, 15) is 0 Å². The molecule has 1 aromatic carbocycles. The Balaban J connectivity index is 2.31. The van der Waals surface area contributed by atoms with Crippen molar-refractivity contribution in [1.82, 2.24) is 9.55 Å². The van der Waals surface area contributed by atoms with Crippen LogP contribution >= 0.6 is 0 Å². The van der Waals surface area contributed by atoms with Crippen molar-refractivity contribution in [2.75, 3.05) is 0 Å². The van der Waals surface area contributed by atoms with E-state index in [1.54, 1.807) is 6.20 Å². The minimum Gasteiger partial charge on any atom is -0.313 e. The minimum absolute atomic E-state index is 0.899. The van der Waals surface area contributed by atoms with E-state index < -0.39 is 0 Å². The monoisotopic (exact) mass is 223 g/mol. The zero-order valence-electron chi connectivity index (χ0n) is 9.67. The van der Waals surface area contributed by atoms with Crippen LogP contribution in [0.5, 0.6) is 0 Å². The van der Waals surface area contributed by atoms with E-state index in [4.69, 9.17) is 0 Å². The third-order valence-corrected chi connectivity index (χ3v) is 2.83. The molecule has 0 amide bonds. The van der Waals surface area contributed by atoms with Gasteiger partial charge >= 0.3 is 0 Å². The summed E-state index contributed by atoms with van der Waals surface area (Å²) in [6, 6.07) is 14.2. The Morgan fingerprint density at radius 2 is 2.00 bits per heavy atom. The smallest absolute Gasteiger partial charge is 0.245 e. The predicted molar refractivity (Wildman–Crippen MR) is 65.8 cm³/mol. The van der Waals surface area contributed by atoms with E-state index in [0.717, 1.165) is 17.9 Å². The number of para-hydroxylation sites is 2. The van der Waals surface area contributed by atoms with Gasteiger partial charge in [-0.05, 0) is 19.1 Å². The Morgan fingerprint density at radius 1 is 1.18 bits per heavy atom. The molecule has 0 radical (unpaired) electrons. The average Bonchev–Trinajstić information content (AvgIpc) is 2.78. The van der Waals surface area contributed by atoms with E-state index in [0.29, 0.717) is 0 Å². The standard InChI is InChI=1S/C14H13N3/c1-2-16-11-17(14-9-5-6-10-15-14)13-8-4-3-7-12(13)16/h3-10H,2H2,1H3. The summed E-state index contributed by atoms with van der Waals surface area (Å²) in [5, 5.41) is 0. The summed E-state index contributed by atoms with van der Waals surface area (Å²) in [7, 11) is 0. The van der Waals surface area contributed by atoms with Gasteiger partial charge in [0, 0.05) is 6.20 Å². The largest absolute Gasteiger partial charge is 0.313 e. The van der Waals surface area contributed by atoms with Crippen LogP contribution in [-0.4, -0.2) is 9.55 Å². The lowest BCUT2D eigenvalue weighted by Gasteiger charge is -2.02. The molecule has 3 heteroatoms. The maximum atomic E-state index is 4.37. The fourth-order valence-electron chi connectivity index (χ4n) is 2.01. The molecule has 0 aliphatic heterocycles. The minimum atomic E-state index is 0.899. The van der Waals surface area contributed by atoms with Crippen molar-refractivity contribution in [2.24, 2.45) is 0 Å². The summed E-state index contributed by atoms with van der Waals surface area (Å²) < 4.78 is 4.10. The van der Waals surface area contributed by atoms with E-state index in [1.165, 1.54) is 5.52 Å². The number of rotatable bonds is 2. The molecular formula is C14H13N3. The van der Waals surface area contributed by atoms with Gasteiger partial charge in [0.25, 0.3) is 0 Å². The van der Waals surface area contributed by atoms with Gasteiger partial charge in [-0.1, -0.05) is 30.3 Å². The molecule has 0 aliphatic rings. The van der Waals surface area contributed by atoms with Crippen LogP contribution in [0.15, 0.2) is 48.7 Å². The predicted octanol–water partition coefficient (Wildman–Crippen LogP) is 2.13. The van der Waals surface area contributed by atoms with Crippen molar-refractivity contribution >= 4 is 11.0 Å². The molecule has 3 rings (SSSR count). The summed E-state index contributed by atoms with van der Waals surface area (Å²) in [5.74, 6) is 0.899. The first kappa shape index (κ1) is 10.0. The number of nitrogens with zero attached hydrogens (tertiary/aromatic N) is 3. The summed E-state index contributed by atoms with van der Waals surface area (Å²) in [4.78, 5) is 4.37. The lowest BCUT2D eigenvalue weighted by molar-refractivity contribution is -0.672. The van der Waals surface area contributed by atoms with Gasteiger partial charge in [0.2, 0.25) is 6.33 Å². The molecule has 0 unspecified atom stereocenters. The second kappa shape index (κ2) is 4.01. The summed E-state index contributed by atoms with van der Waals surface area (Å²) >= 11 is 0. The molecule has 84 valence electrons. The second-order valence-corrected chi connectivity index (χ2v) is 3.86. The molecule has 3 aromatic rings. The van der Waals surface area contributed by atoms with E-state index in [-0.39, 0.29) is 0 Å². The van der Waals surface area contributed by atoms with Crippen LogP contribution < -0.4 is 4.57 Å². The maximum absolute atomic E-state index is 4.37. The Hall–Kier alpha value is -2.16. The van der Waals surface area contributed by atoms with Gasteiger partial charge in [0.05, 0.1) is 17.6 Å². The van der Waals surface area contributed by atoms with Crippen molar-refractivity contribution in [3.8, 4) is 5.82 Å². The number of hydrogen-bond acceptors (Lipinski definition) is 1. The highest BCUT2D eigenvalue weighted by atomic mass is 15.2. The Labute approximate surface area is 100.0 Å². The topological polar surface area (TPSA) is 21.7 Å². The Kier molecular flexibility index (Phi) is 2.37. The van der Waals surface area contributed by atoms with Crippen LogP contribution in [0.3, 0.4) is 0 Å². The fourth-order valence-corrected chi connectivity index (χ4v) is 2.01. The number of benzene rings is 1. The molecule has 0 bridgehead atoms. The van der Waals surface area contributed by atoms with E-state index in [1.807, 2.05) is 34.9 Å². The molecule has 0 aliphatic carbocycles. The van der Waals surface area contributed by atoms with Gasteiger partial charge in [0.15, 0.2) is 0 Å². The molecular weight excluding hydrogens is 210 g/mol. The number of aromatic nitrogens is 3. The third-order valence-electron chi connectivity index (χ3n) is 2.83. The quantitative estimate of drug-likeness (QED) is 0.482. The van der Waals surface area contributed by atoms with Gasteiger partial charge in [-0.15, -0.1) is 0 Å². The summed E-state index contributed by atoms with van der Waals surface area (Å²) in [6.45, 7) is 3.02. The van der Waals surface area contributed by atoms with Crippen molar-refractivity contribution in [1.29, 1.82) is 0 Å². The molecule has 0 spiro atoms. The lowest BCUT2D eigenvalue weighted by atomic mass is 10.3. The average molecular weight is 223 g/mol. The highest BCUT2D eigenvalue weighted by Gasteiger charge is 2.07. The summed E-state index contributed by atoms with van der Waals surface area (Å²) in [5.41, 5.74) is 2.31. The van der Waals surface area contributed by atoms with Crippen LogP contribution in [0.25, 0.3) is 16.9 Å². The highest BCUT2D eigenvalue weighted by Crippen LogP contribution is 2.14. The SMILES string of the molecule is CC[n+]1[c-]n(-c2ccccn2)c2ccccc21. The molecule has 3 nitrogen and oxygen atoms in total. The van der Waals surface area contributed by atoms with E-state index in [2.05, 4.69) is 34.9 Å². The lowest BCUT2D eigenvalue weighted by Crippen LogP contribution is -2.30. The number of fused-ring (bicyclic) bond motifs is 1.